The predicted molar refractivity (Wildman–Crippen MR) is 112 cm³/mol. The fourth-order valence-electron chi connectivity index (χ4n) is 3.83. The van der Waals surface area contributed by atoms with Gasteiger partial charge in [0, 0.05) is 26.2 Å². The Balaban J connectivity index is 1.94. The summed E-state index contributed by atoms with van der Waals surface area (Å²) in [5.74, 6) is 1.09. The van der Waals surface area contributed by atoms with Crippen molar-refractivity contribution < 1.29 is 19.0 Å². The summed E-state index contributed by atoms with van der Waals surface area (Å²) in [6.45, 7) is 0.733. The van der Waals surface area contributed by atoms with E-state index in [1.54, 1.807) is 24.9 Å². The number of rotatable bonds is 5. The maximum Gasteiger partial charge on any atom is 0.333 e. The standard InChI is InChI=1S/C20H23N5O6/c1-22-17-16(18(27)25(20(22)28)11-15(26)31-4)24-9-5-8-23(19(24)21-17)13-7-6-12(29-2)10-14(13)30-3/h6-7,10H,5,8-9,11H2,1-4H3. The van der Waals surface area contributed by atoms with Crippen molar-refractivity contribution in [3.8, 4) is 11.5 Å². The zero-order valence-electron chi connectivity index (χ0n) is 17.7. The highest BCUT2D eigenvalue weighted by molar-refractivity contribution is 5.79. The van der Waals surface area contributed by atoms with Gasteiger partial charge < -0.3 is 23.7 Å². The van der Waals surface area contributed by atoms with Crippen LogP contribution in [0.5, 0.6) is 11.5 Å². The Morgan fingerprint density at radius 3 is 2.58 bits per heavy atom. The Labute approximate surface area is 177 Å². The summed E-state index contributed by atoms with van der Waals surface area (Å²) in [5.41, 5.74) is 0.0702. The number of anilines is 2. The van der Waals surface area contributed by atoms with Crippen molar-refractivity contribution in [1.29, 1.82) is 0 Å². The predicted octanol–water partition coefficient (Wildman–Crippen LogP) is 0.629. The van der Waals surface area contributed by atoms with Crippen LogP contribution in [-0.4, -0.2) is 52.5 Å². The fraction of sp³-hybridized carbons (Fsp3) is 0.400. The van der Waals surface area contributed by atoms with E-state index in [0.717, 1.165) is 16.7 Å². The number of carbonyl (C=O) groups excluding carboxylic acids is 1. The van der Waals surface area contributed by atoms with Crippen molar-refractivity contribution in [2.24, 2.45) is 7.05 Å². The van der Waals surface area contributed by atoms with Gasteiger partial charge >= 0.3 is 11.7 Å². The molecule has 0 saturated heterocycles. The molecule has 3 aromatic rings. The van der Waals surface area contributed by atoms with Gasteiger partial charge in [-0.25, -0.2) is 9.36 Å². The maximum atomic E-state index is 13.2. The highest BCUT2D eigenvalue weighted by Crippen LogP contribution is 2.38. The molecule has 0 atom stereocenters. The van der Waals surface area contributed by atoms with Crippen molar-refractivity contribution >= 4 is 28.8 Å². The van der Waals surface area contributed by atoms with Crippen LogP contribution >= 0.6 is 0 Å². The minimum atomic E-state index is -0.679. The van der Waals surface area contributed by atoms with Crippen LogP contribution in [0.1, 0.15) is 6.42 Å². The van der Waals surface area contributed by atoms with Gasteiger partial charge in [0.15, 0.2) is 11.2 Å². The van der Waals surface area contributed by atoms with Crippen LogP contribution in [0.2, 0.25) is 0 Å². The van der Waals surface area contributed by atoms with Crippen molar-refractivity contribution in [1.82, 2.24) is 18.7 Å². The number of aryl methyl sites for hydroxylation is 2. The summed E-state index contributed by atoms with van der Waals surface area (Å²) in [6, 6.07) is 5.45. The van der Waals surface area contributed by atoms with Crippen molar-refractivity contribution in [2.45, 2.75) is 19.5 Å². The molecule has 0 amide bonds. The number of carbonyl (C=O) groups is 1. The molecule has 0 unspecified atom stereocenters. The quantitative estimate of drug-likeness (QED) is 0.543. The lowest BCUT2D eigenvalue weighted by molar-refractivity contribution is -0.141. The van der Waals surface area contributed by atoms with Gasteiger partial charge in [-0.1, -0.05) is 0 Å². The molecular weight excluding hydrogens is 406 g/mol. The molecule has 1 aromatic carbocycles. The topological polar surface area (TPSA) is 110 Å². The zero-order valence-corrected chi connectivity index (χ0v) is 17.7. The third-order valence-corrected chi connectivity index (χ3v) is 5.41. The molecular formula is C20H23N5O6. The summed E-state index contributed by atoms with van der Waals surface area (Å²) < 4.78 is 19.4. The van der Waals surface area contributed by atoms with Crippen LogP contribution in [0.4, 0.5) is 11.6 Å². The van der Waals surface area contributed by atoms with Crippen LogP contribution in [0.25, 0.3) is 11.2 Å². The normalized spacial score (nSPS) is 13.2. The molecule has 1 aliphatic heterocycles. The largest absolute Gasteiger partial charge is 0.497 e. The van der Waals surface area contributed by atoms with Crippen molar-refractivity contribution in [2.75, 3.05) is 32.8 Å². The number of aromatic nitrogens is 4. The minimum Gasteiger partial charge on any atom is -0.497 e. The van der Waals surface area contributed by atoms with E-state index >= 15 is 0 Å². The molecule has 11 heteroatoms. The van der Waals surface area contributed by atoms with Crippen LogP contribution in [-0.2, 0) is 29.7 Å². The van der Waals surface area contributed by atoms with Gasteiger partial charge in [-0.15, -0.1) is 0 Å². The molecule has 11 nitrogen and oxygen atoms in total. The highest BCUT2D eigenvalue weighted by atomic mass is 16.5. The number of nitrogens with zero attached hydrogens (tertiary/aromatic N) is 5. The number of methoxy groups -OCH3 is 3. The van der Waals surface area contributed by atoms with Crippen molar-refractivity contribution in [3.63, 3.8) is 0 Å². The van der Waals surface area contributed by atoms with Crippen LogP contribution < -0.4 is 25.6 Å². The second-order valence-electron chi connectivity index (χ2n) is 7.09. The number of esters is 1. The second kappa shape index (κ2) is 7.82. The summed E-state index contributed by atoms with van der Waals surface area (Å²) in [4.78, 5) is 44.2. The van der Waals surface area contributed by atoms with E-state index < -0.39 is 23.8 Å². The van der Waals surface area contributed by atoms with Crippen molar-refractivity contribution in [3.05, 3.63) is 39.0 Å². The molecule has 0 bridgehead atoms. The Hall–Kier alpha value is -3.76. The van der Waals surface area contributed by atoms with E-state index in [1.807, 2.05) is 17.0 Å². The SMILES string of the molecule is COC(=O)Cn1c(=O)c2c(nc3n2CCCN3c2ccc(OC)cc2OC)n(C)c1=O. The molecule has 4 rings (SSSR count). The first-order valence-electron chi connectivity index (χ1n) is 9.67. The smallest absolute Gasteiger partial charge is 0.333 e. The molecule has 0 aliphatic carbocycles. The number of fused-ring (bicyclic) bond motifs is 3. The molecule has 0 fully saturated rings. The van der Waals surface area contributed by atoms with E-state index in [9.17, 15) is 14.4 Å². The number of hydrogen-bond acceptors (Lipinski definition) is 8. The average molecular weight is 429 g/mol. The fourth-order valence-corrected chi connectivity index (χ4v) is 3.83. The lowest BCUT2D eigenvalue weighted by atomic mass is 10.2. The zero-order chi connectivity index (χ0) is 22.3. The van der Waals surface area contributed by atoms with Gasteiger partial charge in [-0.2, -0.15) is 4.98 Å². The van der Waals surface area contributed by atoms with Crippen LogP contribution in [0.3, 0.4) is 0 Å². The molecule has 0 saturated carbocycles. The van der Waals surface area contributed by atoms with E-state index in [-0.39, 0.29) is 11.2 Å². The van der Waals surface area contributed by atoms with E-state index in [4.69, 9.17) is 9.47 Å². The maximum absolute atomic E-state index is 13.2. The molecule has 0 radical (unpaired) electrons. The van der Waals surface area contributed by atoms with Gasteiger partial charge in [0.2, 0.25) is 5.95 Å². The number of benzene rings is 1. The molecule has 0 N–H and O–H groups in total. The average Bonchev–Trinajstić information content (AvgIpc) is 3.19. The van der Waals surface area contributed by atoms with Gasteiger partial charge in [-0.3, -0.25) is 14.2 Å². The number of ether oxygens (including phenoxy) is 3. The number of imidazole rings is 1. The summed E-state index contributed by atoms with van der Waals surface area (Å²) >= 11 is 0. The monoisotopic (exact) mass is 429 g/mol. The van der Waals surface area contributed by atoms with Gasteiger partial charge in [0.25, 0.3) is 5.56 Å². The Morgan fingerprint density at radius 1 is 1.13 bits per heavy atom. The first kappa shape index (κ1) is 20.5. The third kappa shape index (κ3) is 3.22. The molecule has 0 spiro atoms. The molecule has 164 valence electrons. The molecule has 31 heavy (non-hydrogen) atoms. The molecule has 3 heterocycles. The first-order valence-corrected chi connectivity index (χ1v) is 9.67. The number of hydrogen-bond donors (Lipinski definition) is 0. The second-order valence-corrected chi connectivity index (χ2v) is 7.09. The Morgan fingerprint density at radius 2 is 1.90 bits per heavy atom. The van der Waals surface area contributed by atoms with Gasteiger partial charge in [0.1, 0.15) is 18.0 Å². The Bertz CT molecular complexity index is 1290. The van der Waals surface area contributed by atoms with Crippen LogP contribution in [0, 0.1) is 0 Å². The van der Waals surface area contributed by atoms with E-state index in [1.165, 1.54) is 18.7 Å². The first-order chi connectivity index (χ1) is 14.9. The lowest BCUT2D eigenvalue weighted by Crippen LogP contribution is -2.41. The Kier molecular flexibility index (Phi) is 5.17. The minimum absolute atomic E-state index is 0.255. The summed E-state index contributed by atoms with van der Waals surface area (Å²) in [5, 5.41) is 0. The van der Waals surface area contributed by atoms with Gasteiger partial charge in [0.05, 0.1) is 27.0 Å². The van der Waals surface area contributed by atoms with Gasteiger partial charge in [-0.05, 0) is 18.6 Å². The summed E-state index contributed by atoms with van der Waals surface area (Å²) in [6.07, 6.45) is 0.743. The lowest BCUT2D eigenvalue weighted by Gasteiger charge is -2.30. The highest BCUT2D eigenvalue weighted by Gasteiger charge is 2.28. The summed E-state index contributed by atoms with van der Waals surface area (Å²) in [7, 11) is 5.88. The molecule has 1 aliphatic rings. The van der Waals surface area contributed by atoms with E-state index in [0.29, 0.717) is 30.5 Å². The third-order valence-electron chi connectivity index (χ3n) is 5.41. The molecule has 2 aromatic heterocycles. The van der Waals surface area contributed by atoms with Crippen LogP contribution in [0.15, 0.2) is 27.8 Å². The van der Waals surface area contributed by atoms with E-state index in [2.05, 4.69) is 9.72 Å².